The molecule has 0 aliphatic carbocycles. The maximum absolute atomic E-state index is 12.5. The number of benzene rings is 1. The third-order valence-electron chi connectivity index (χ3n) is 3.77. The van der Waals surface area contributed by atoms with Crippen molar-refractivity contribution >= 4 is 10.9 Å². The summed E-state index contributed by atoms with van der Waals surface area (Å²) < 4.78 is 8.73. The summed E-state index contributed by atoms with van der Waals surface area (Å²) >= 11 is 0. The van der Waals surface area contributed by atoms with Gasteiger partial charge in [-0.1, -0.05) is 6.07 Å². The van der Waals surface area contributed by atoms with Crippen LogP contribution >= 0.6 is 0 Å². The van der Waals surface area contributed by atoms with Gasteiger partial charge in [0.25, 0.3) is 5.56 Å². The summed E-state index contributed by atoms with van der Waals surface area (Å²) in [6.45, 7) is 5.09. The number of rotatable bonds is 5. The van der Waals surface area contributed by atoms with Gasteiger partial charge in [-0.3, -0.25) is 14.0 Å². The number of nitrogens with zero attached hydrogens (tertiary/aromatic N) is 5. The smallest absolute Gasteiger partial charge is 0.261 e. The van der Waals surface area contributed by atoms with Gasteiger partial charge < -0.3 is 4.74 Å². The Kier molecular flexibility index (Phi) is 4.10. The fraction of sp³-hybridized carbons (Fsp3) is 0.375. The van der Waals surface area contributed by atoms with Crippen molar-refractivity contribution in [3.05, 3.63) is 46.5 Å². The van der Waals surface area contributed by atoms with Crippen LogP contribution in [0.3, 0.4) is 0 Å². The second-order valence-corrected chi connectivity index (χ2v) is 5.38. The van der Waals surface area contributed by atoms with Gasteiger partial charge in [0.15, 0.2) is 0 Å². The first kappa shape index (κ1) is 15.2. The molecule has 120 valence electrons. The average molecular weight is 313 g/mol. The van der Waals surface area contributed by atoms with Crippen LogP contribution in [-0.4, -0.2) is 31.4 Å². The quantitative estimate of drug-likeness (QED) is 0.717. The first-order valence-corrected chi connectivity index (χ1v) is 7.50. The van der Waals surface area contributed by atoms with E-state index in [1.807, 2.05) is 18.5 Å². The zero-order valence-corrected chi connectivity index (χ0v) is 13.5. The molecule has 2 heterocycles. The molecule has 23 heavy (non-hydrogen) atoms. The molecule has 0 aliphatic heterocycles. The third kappa shape index (κ3) is 2.94. The van der Waals surface area contributed by atoms with Crippen molar-refractivity contribution < 1.29 is 4.74 Å². The van der Waals surface area contributed by atoms with Crippen LogP contribution in [0, 0.1) is 13.8 Å². The van der Waals surface area contributed by atoms with Crippen LogP contribution in [0.5, 0.6) is 5.75 Å². The Morgan fingerprint density at radius 3 is 2.74 bits per heavy atom. The highest BCUT2D eigenvalue weighted by Crippen LogP contribution is 2.20. The predicted octanol–water partition coefficient (Wildman–Crippen LogP) is 1.70. The van der Waals surface area contributed by atoms with E-state index >= 15 is 0 Å². The van der Waals surface area contributed by atoms with Gasteiger partial charge in [0.1, 0.15) is 22.9 Å². The van der Waals surface area contributed by atoms with Crippen LogP contribution in [-0.2, 0) is 13.1 Å². The van der Waals surface area contributed by atoms with Gasteiger partial charge in [-0.2, -0.15) is 5.10 Å². The molecule has 0 N–H and O–H groups in total. The lowest BCUT2D eigenvalue weighted by Gasteiger charge is -2.09. The van der Waals surface area contributed by atoms with E-state index in [9.17, 15) is 4.79 Å². The fourth-order valence-electron chi connectivity index (χ4n) is 2.65. The van der Waals surface area contributed by atoms with Gasteiger partial charge in [-0.15, -0.1) is 0 Å². The van der Waals surface area contributed by atoms with Crippen molar-refractivity contribution in [3.63, 3.8) is 0 Å². The van der Waals surface area contributed by atoms with Crippen LogP contribution in [0.1, 0.15) is 18.1 Å². The minimum atomic E-state index is -0.0552. The number of aryl methyl sites for hydroxylation is 4. The summed E-state index contributed by atoms with van der Waals surface area (Å²) in [6.07, 6.45) is 2.35. The molecule has 7 heteroatoms. The Morgan fingerprint density at radius 2 is 2.04 bits per heavy atom. The van der Waals surface area contributed by atoms with Crippen LogP contribution in [0.25, 0.3) is 10.9 Å². The summed E-state index contributed by atoms with van der Waals surface area (Å²) in [6, 6.07) is 5.37. The third-order valence-corrected chi connectivity index (χ3v) is 3.77. The fourth-order valence-corrected chi connectivity index (χ4v) is 2.65. The SMILES string of the molecule is COc1cccc2c(=O)n(CCCn3nc(C)nc3C)cnc12. The Hall–Kier alpha value is -2.70. The highest BCUT2D eigenvalue weighted by Gasteiger charge is 2.08. The molecule has 0 spiro atoms. The summed E-state index contributed by atoms with van der Waals surface area (Å²) in [7, 11) is 1.57. The topological polar surface area (TPSA) is 74.8 Å². The number of ether oxygens (including phenoxy) is 1. The molecular formula is C16H19N5O2. The highest BCUT2D eigenvalue weighted by molar-refractivity contribution is 5.83. The normalized spacial score (nSPS) is 11.1. The molecule has 2 aromatic heterocycles. The molecule has 0 fully saturated rings. The molecule has 1 aromatic carbocycles. The van der Waals surface area contributed by atoms with Crippen LogP contribution < -0.4 is 10.3 Å². The summed E-state index contributed by atoms with van der Waals surface area (Å²) in [4.78, 5) is 21.2. The van der Waals surface area contributed by atoms with E-state index in [2.05, 4.69) is 15.1 Å². The van der Waals surface area contributed by atoms with Gasteiger partial charge in [0.05, 0.1) is 18.8 Å². The molecule has 0 radical (unpaired) electrons. The summed E-state index contributed by atoms with van der Waals surface area (Å²) in [5.41, 5.74) is 0.541. The predicted molar refractivity (Wildman–Crippen MR) is 86.7 cm³/mol. The van der Waals surface area contributed by atoms with Gasteiger partial charge in [-0.05, 0) is 32.4 Å². The molecule has 0 saturated carbocycles. The maximum atomic E-state index is 12.5. The van der Waals surface area contributed by atoms with Gasteiger partial charge in [0.2, 0.25) is 0 Å². The molecular weight excluding hydrogens is 294 g/mol. The number of fused-ring (bicyclic) bond motifs is 1. The lowest BCUT2D eigenvalue weighted by molar-refractivity contribution is 0.418. The van der Waals surface area contributed by atoms with Gasteiger partial charge >= 0.3 is 0 Å². The Labute approximate surface area is 133 Å². The number of hydrogen-bond donors (Lipinski definition) is 0. The Morgan fingerprint density at radius 1 is 1.22 bits per heavy atom. The first-order chi connectivity index (χ1) is 11.1. The second kappa shape index (κ2) is 6.20. The van der Waals surface area contributed by atoms with Crippen molar-refractivity contribution in [1.82, 2.24) is 24.3 Å². The largest absolute Gasteiger partial charge is 0.494 e. The van der Waals surface area contributed by atoms with E-state index in [0.29, 0.717) is 23.2 Å². The monoisotopic (exact) mass is 313 g/mol. The highest BCUT2D eigenvalue weighted by atomic mass is 16.5. The van der Waals surface area contributed by atoms with E-state index in [1.165, 1.54) is 0 Å². The Balaban J connectivity index is 1.80. The number of hydrogen-bond acceptors (Lipinski definition) is 5. The zero-order valence-electron chi connectivity index (χ0n) is 13.5. The number of aromatic nitrogens is 5. The second-order valence-electron chi connectivity index (χ2n) is 5.38. The van der Waals surface area contributed by atoms with Crippen LogP contribution in [0.4, 0.5) is 0 Å². The minimum Gasteiger partial charge on any atom is -0.494 e. The molecule has 0 bridgehead atoms. The standard InChI is InChI=1S/C16H19N5O2/c1-11-18-12(2)21(19-11)9-5-8-20-10-17-15-13(16(20)22)6-4-7-14(15)23-3/h4,6-7,10H,5,8-9H2,1-3H3. The van der Waals surface area contributed by atoms with E-state index in [4.69, 9.17) is 4.74 Å². The minimum absolute atomic E-state index is 0.0552. The molecule has 0 atom stereocenters. The maximum Gasteiger partial charge on any atom is 0.261 e. The molecule has 0 unspecified atom stereocenters. The molecule has 0 aliphatic rings. The zero-order chi connectivity index (χ0) is 16.4. The van der Waals surface area contributed by atoms with E-state index < -0.39 is 0 Å². The molecule has 3 rings (SSSR count). The van der Waals surface area contributed by atoms with Crippen molar-refractivity contribution in [2.75, 3.05) is 7.11 Å². The van der Waals surface area contributed by atoms with E-state index in [0.717, 1.165) is 24.6 Å². The average Bonchev–Trinajstić information content (AvgIpc) is 2.87. The van der Waals surface area contributed by atoms with E-state index in [1.54, 1.807) is 36.2 Å². The van der Waals surface area contributed by atoms with Crippen molar-refractivity contribution in [2.45, 2.75) is 33.4 Å². The molecule has 0 amide bonds. The van der Waals surface area contributed by atoms with Crippen molar-refractivity contribution in [2.24, 2.45) is 0 Å². The summed E-state index contributed by atoms with van der Waals surface area (Å²) in [5, 5.41) is 4.89. The molecule has 7 nitrogen and oxygen atoms in total. The molecule has 0 saturated heterocycles. The lowest BCUT2D eigenvalue weighted by Crippen LogP contribution is -2.21. The number of methoxy groups -OCH3 is 1. The number of para-hydroxylation sites is 1. The van der Waals surface area contributed by atoms with Crippen molar-refractivity contribution in [3.8, 4) is 5.75 Å². The Bertz CT molecular complexity index is 897. The lowest BCUT2D eigenvalue weighted by atomic mass is 10.2. The van der Waals surface area contributed by atoms with Crippen LogP contribution in [0.15, 0.2) is 29.3 Å². The van der Waals surface area contributed by atoms with Gasteiger partial charge in [0, 0.05) is 13.1 Å². The summed E-state index contributed by atoms with van der Waals surface area (Å²) in [5.74, 6) is 2.26. The van der Waals surface area contributed by atoms with Gasteiger partial charge in [-0.25, -0.2) is 9.97 Å². The first-order valence-electron chi connectivity index (χ1n) is 7.50. The van der Waals surface area contributed by atoms with Crippen LogP contribution in [0.2, 0.25) is 0 Å². The molecule has 3 aromatic rings. The van der Waals surface area contributed by atoms with Crippen molar-refractivity contribution in [1.29, 1.82) is 0 Å². The van der Waals surface area contributed by atoms with E-state index in [-0.39, 0.29) is 5.56 Å².